The van der Waals surface area contributed by atoms with E-state index in [1.54, 1.807) is 0 Å². The lowest BCUT2D eigenvalue weighted by Gasteiger charge is -2.13. The van der Waals surface area contributed by atoms with E-state index in [1.807, 2.05) is 30.3 Å². The molecule has 0 spiro atoms. The Bertz CT molecular complexity index is 3930. The van der Waals surface area contributed by atoms with Crippen LogP contribution in [0.3, 0.4) is 0 Å². The maximum Gasteiger partial charge on any atom is 0.164 e. The molecule has 0 saturated carbocycles. The summed E-state index contributed by atoms with van der Waals surface area (Å²) in [6.45, 7) is 0. The van der Waals surface area contributed by atoms with Crippen molar-refractivity contribution in [3.63, 3.8) is 0 Å². The first-order valence-electron chi connectivity index (χ1n) is 20.8. The van der Waals surface area contributed by atoms with Gasteiger partial charge in [-0.1, -0.05) is 170 Å². The second kappa shape index (κ2) is 13.6. The third kappa shape index (κ3) is 5.38. The van der Waals surface area contributed by atoms with E-state index in [9.17, 15) is 0 Å². The highest BCUT2D eigenvalue weighted by Crippen LogP contribution is 2.42. The van der Waals surface area contributed by atoms with E-state index in [0.29, 0.717) is 17.5 Å². The van der Waals surface area contributed by atoms with Crippen molar-refractivity contribution >= 4 is 76.2 Å². The number of benzene rings is 10. The molecule has 3 aromatic heterocycles. The van der Waals surface area contributed by atoms with Crippen molar-refractivity contribution in [2.24, 2.45) is 0 Å². The van der Waals surface area contributed by atoms with Gasteiger partial charge < -0.3 is 8.83 Å². The zero-order valence-electron chi connectivity index (χ0n) is 33.2. The minimum Gasteiger partial charge on any atom is -0.456 e. The molecule has 13 rings (SSSR count). The van der Waals surface area contributed by atoms with Gasteiger partial charge in [-0.2, -0.15) is 0 Å². The van der Waals surface area contributed by atoms with Crippen LogP contribution in [0.4, 0.5) is 0 Å². The van der Waals surface area contributed by atoms with Gasteiger partial charge in [-0.15, -0.1) is 0 Å². The summed E-state index contributed by atoms with van der Waals surface area (Å²) >= 11 is 0. The first-order valence-corrected chi connectivity index (χ1v) is 20.8. The van der Waals surface area contributed by atoms with Crippen LogP contribution in [0, 0.1) is 0 Å². The van der Waals surface area contributed by atoms with Crippen LogP contribution in [0.15, 0.2) is 209 Å². The second-order valence-corrected chi connectivity index (χ2v) is 15.9. The number of hydrogen-bond acceptors (Lipinski definition) is 5. The Morgan fingerprint density at radius 1 is 0.258 bits per heavy atom. The zero-order chi connectivity index (χ0) is 40.7. The molecule has 13 aromatic rings. The fourth-order valence-electron chi connectivity index (χ4n) is 9.45. The molecule has 62 heavy (non-hydrogen) atoms. The Kier molecular flexibility index (Phi) is 7.54. The molecule has 0 N–H and O–H groups in total. The number of para-hydroxylation sites is 2. The van der Waals surface area contributed by atoms with Crippen molar-refractivity contribution in [3.8, 4) is 56.4 Å². The Morgan fingerprint density at radius 3 is 1.55 bits per heavy atom. The van der Waals surface area contributed by atoms with Crippen LogP contribution >= 0.6 is 0 Å². The molecule has 0 radical (unpaired) electrons. The zero-order valence-corrected chi connectivity index (χ0v) is 33.2. The van der Waals surface area contributed by atoms with E-state index in [-0.39, 0.29) is 0 Å². The van der Waals surface area contributed by atoms with Gasteiger partial charge in [-0.25, -0.2) is 15.0 Å². The number of fused-ring (bicyclic) bond motifs is 10. The van der Waals surface area contributed by atoms with E-state index < -0.39 is 0 Å². The number of hydrogen-bond donors (Lipinski definition) is 0. The molecule has 0 saturated heterocycles. The molecule has 0 amide bonds. The quantitative estimate of drug-likeness (QED) is 0.174. The predicted octanol–water partition coefficient (Wildman–Crippen LogP) is 15.5. The lowest BCUT2D eigenvalue weighted by Crippen LogP contribution is -2.01. The largest absolute Gasteiger partial charge is 0.456 e. The van der Waals surface area contributed by atoms with Crippen molar-refractivity contribution < 1.29 is 8.83 Å². The lowest BCUT2D eigenvalue weighted by molar-refractivity contribution is 0.668. The van der Waals surface area contributed by atoms with Crippen LogP contribution < -0.4 is 0 Å². The highest BCUT2D eigenvalue weighted by molar-refractivity contribution is 6.19. The van der Waals surface area contributed by atoms with Crippen LogP contribution in [-0.4, -0.2) is 15.0 Å². The molecular formula is C57H33N3O2. The molecule has 5 nitrogen and oxygen atoms in total. The topological polar surface area (TPSA) is 65.0 Å². The SMILES string of the molecule is c1ccc2c(-c3ccc(-c4nc(-c5ccc6ccc7oc8ccccc8c7c6c5)nc(-c5cccc6c(-c7cccc8oc9ccccc9c78)cccc56)n4)cc3)cccc2c1. The standard InChI is InChI=1S/C57H33N3O2/c1-2-13-39-34(11-1)12-7-16-40(39)35-25-28-37(29-26-35)55-58-56(38-30-27-36-31-32-52-54(48(36)33-38)47-15-4-6-23-50(47)62-52)60-57(59-55)45-21-9-17-41-42(18-8-19-43(41)45)44-20-10-24-51-53(44)46-14-3-5-22-49(46)61-51/h1-33H. The molecule has 288 valence electrons. The summed E-state index contributed by atoms with van der Waals surface area (Å²) in [7, 11) is 0. The van der Waals surface area contributed by atoms with Crippen LogP contribution in [0.2, 0.25) is 0 Å². The van der Waals surface area contributed by atoms with Gasteiger partial charge in [-0.3, -0.25) is 0 Å². The Hall–Kier alpha value is -8.41. The maximum atomic E-state index is 6.32. The minimum absolute atomic E-state index is 0.595. The van der Waals surface area contributed by atoms with Gasteiger partial charge in [0.1, 0.15) is 22.3 Å². The minimum atomic E-state index is 0.595. The smallest absolute Gasteiger partial charge is 0.164 e. The molecule has 5 heteroatoms. The van der Waals surface area contributed by atoms with Crippen LogP contribution in [-0.2, 0) is 0 Å². The van der Waals surface area contributed by atoms with Crippen molar-refractivity contribution in [3.05, 3.63) is 200 Å². The summed E-state index contributed by atoms with van der Waals surface area (Å²) in [5, 5.41) is 11.2. The predicted molar refractivity (Wildman–Crippen MR) is 254 cm³/mol. The van der Waals surface area contributed by atoms with Crippen molar-refractivity contribution in [2.75, 3.05) is 0 Å². The molecule has 0 bridgehead atoms. The molecule has 10 aromatic carbocycles. The first kappa shape index (κ1) is 34.5. The van der Waals surface area contributed by atoms with Gasteiger partial charge in [0.15, 0.2) is 17.5 Å². The Morgan fingerprint density at radius 2 is 0.742 bits per heavy atom. The average molecular weight is 792 g/mol. The summed E-state index contributed by atoms with van der Waals surface area (Å²) < 4.78 is 12.6. The van der Waals surface area contributed by atoms with Gasteiger partial charge in [0, 0.05) is 38.2 Å². The molecule has 0 aliphatic carbocycles. The molecule has 0 atom stereocenters. The summed E-state index contributed by atoms with van der Waals surface area (Å²) in [5.74, 6) is 1.80. The fraction of sp³-hybridized carbons (Fsp3) is 0. The summed E-state index contributed by atoms with van der Waals surface area (Å²) in [5.41, 5.74) is 10.7. The maximum absolute atomic E-state index is 6.32. The number of aromatic nitrogens is 3. The highest BCUT2D eigenvalue weighted by atomic mass is 16.3. The fourth-order valence-corrected chi connectivity index (χ4v) is 9.45. The normalized spacial score (nSPS) is 11.9. The van der Waals surface area contributed by atoms with E-state index in [4.69, 9.17) is 23.8 Å². The average Bonchev–Trinajstić information content (AvgIpc) is 3.92. The van der Waals surface area contributed by atoms with Crippen molar-refractivity contribution in [1.29, 1.82) is 0 Å². The number of furan rings is 2. The molecule has 0 aliphatic heterocycles. The summed E-state index contributed by atoms with van der Waals surface area (Å²) in [6.07, 6.45) is 0. The third-order valence-electron chi connectivity index (χ3n) is 12.4. The van der Waals surface area contributed by atoms with Gasteiger partial charge in [-0.05, 0) is 84.9 Å². The van der Waals surface area contributed by atoms with Gasteiger partial charge in [0.05, 0.1) is 0 Å². The van der Waals surface area contributed by atoms with E-state index in [1.165, 1.54) is 16.3 Å². The van der Waals surface area contributed by atoms with E-state index >= 15 is 0 Å². The van der Waals surface area contributed by atoms with Gasteiger partial charge in [0.25, 0.3) is 0 Å². The van der Waals surface area contributed by atoms with Crippen LogP contribution in [0.5, 0.6) is 0 Å². The van der Waals surface area contributed by atoms with Crippen molar-refractivity contribution in [2.45, 2.75) is 0 Å². The first-order chi connectivity index (χ1) is 30.7. The van der Waals surface area contributed by atoms with E-state index in [2.05, 4.69) is 170 Å². The highest BCUT2D eigenvalue weighted by Gasteiger charge is 2.19. The molecule has 0 unspecified atom stereocenters. The van der Waals surface area contributed by atoms with Gasteiger partial charge >= 0.3 is 0 Å². The van der Waals surface area contributed by atoms with E-state index in [0.717, 1.165) is 98.8 Å². The summed E-state index contributed by atoms with van der Waals surface area (Å²) in [6, 6.07) is 69.9. The van der Waals surface area contributed by atoms with Crippen LogP contribution in [0.1, 0.15) is 0 Å². The number of rotatable bonds is 5. The van der Waals surface area contributed by atoms with Crippen LogP contribution in [0.25, 0.3) is 133 Å². The van der Waals surface area contributed by atoms with Gasteiger partial charge in [0.2, 0.25) is 0 Å². The monoisotopic (exact) mass is 791 g/mol. The Labute approximate surface area is 355 Å². The number of nitrogens with zero attached hydrogens (tertiary/aromatic N) is 3. The molecule has 3 heterocycles. The molecule has 0 fully saturated rings. The lowest BCUT2D eigenvalue weighted by atomic mass is 9.93. The Balaban J connectivity index is 1.01. The second-order valence-electron chi connectivity index (χ2n) is 15.9. The third-order valence-corrected chi connectivity index (χ3v) is 12.4. The molecule has 0 aliphatic rings. The summed E-state index contributed by atoms with van der Waals surface area (Å²) in [4.78, 5) is 15.8. The van der Waals surface area contributed by atoms with Crippen molar-refractivity contribution in [1.82, 2.24) is 15.0 Å². The molecular weight excluding hydrogens is 759 g/mol.